The summed E-state index contributed by atoms with van der Waals surface area (Å²) in [5, 5.41) is 0.750. The molecule has 0 saturated heterocycles. The average molecular weight is 262 g/mol. The van der Waals surface area contributed by atoms with Gasteiger partial charge in [0.2, 0.25) is 5.91 Å². The van der Waals surface area contributed by atoms with Crippen LogP contribution < -0.4 is 10.5 Å². The standard InChI is InChI=1S/C11H13Cl2NO2/c1-11(2,10(14)15)6-16-8-5-3-4-7(12)9(8)13/h3-5H,6H2,1-2H3,(H2,14,15). The molecule has 0 aliphatic rings. The van der Waals surface area contributed by atoms with Crippen molar-refractivity contribution in [2.75, 3.05) is 6.61 Å². The minimum Gasteiger partial charge on any atom is -0.491 e. The Bertz CT molecular complexity index is 405. The summed E-state index contributed by atoms with van der Waals surface area (Å²) in [5.74, 6) is 0.0224. The third-order valence-corrected chi connectivity index (χ3v) is 2.97. The Morgan fingerprint density at radius 1 is 1.44 bits per heavy atom. The highest BCUT2D eigenvalue weighted by atomic mass is 35.5. The van der Waals surface area contributed by atoms with E-state index in [2.05, 4.69) is 0 Å². The van der Waals surface area contributed by atoms with Crippen LogP contribution >= 0.6 is 23.2 Å². The molecule has 0 aliphatic carbocycles. The Hall–Kier alpha value is -0.930. The van der Waals surface area contributed by atoms with E-state index in [4.69, 9.17) is 33.7 Å². The Balaban J connectivity index is 2.76. The predicted molar refractivity (Wildman–Crippen MR) is 64.9 cm³/mol. The molecule has 0 atom stereocenters. The highest BCUT2D eigenvalue weighted by molar-refractivity contribution is 6.42. The van der Waals surface area contributed by atoms with Gasteiger partial charge >= 0.3 is 0 Å². The molecule has 3 nitrogen and oxygen atoms in total. The quantitative estimate of drug-likeness (QED) is 0.906. The van der Waals surface area contributed by atoms with Crippen molar-refractivity contribution in [3.63, 3.8) is 0 Å². The third kappa shape index (κ3) is 3.03. The van der Waals surface area contributed by atoms with E-state index in [1.807, 2.05) is 0 Å². The molecule has 2 N–H and O–H groups in total. The number of primary amides is 1. The zero-order chi connectivity index (χ0) is 12.3. The first-order valence-electron chi connectivity index (χ1n) is 4.71. The molecule has 5 heteroatoms. The van der Waals surface area contributed by atoms with E-state index in [-0.39, 0.29) is 6.61 Å². The lowest BCUT2D eigenvalue weighted by Gasteiger charge is -2.21. The van der Waals surface area contributed by atoms with E-state index >= 15 is 0 Å². The molecule has 16 heavy (non-hydrogen) atoms. The second kappa shape index (κ2) is 4.93. The number of rotatable bonds is 4. The normalized spacial score (nSPS) is 11.2. The summed E-state index contributed by atoms with van der Waals surface area (Å²) in [6.07, 6.45) is 0. The van der Waals surface area contributed by atoms with Crippen LogP contribution in [0.1, 0.15) is 13.8 Å². The van der Waals surface area contributed by atoms with Crippen molar-refractivity contribution in [3.05, 3.63) is 28.2 Å². The number of carbonyl (C=O) groups excluding carboxylic acids is 1. The minimum absolute atomic E-state index is 0.155. The van der Waals surface area contributed by atoms with Gasteiger partial charge in [-0.25, -0.2) is 0 Å². The molecule has 1 amide bonds. The molecule has 0 radical (unpaired) electrons. The van der Waals surface area contributed by atoms with Crippen LogP contribution in [-0.4, -0.2) is 12.5 Å². The van der Waals surface area contributed by atoms with Crippen molar-refractivity contribution in [1.82, 2.24) is 0 Å². The highest BCUT2D eigenvalue weighted by Crippen LogP contribution is 2.32. The molecule has 0 fully saturated rings. The van der Waals surface area contributed by atoms with Crippen molar-refractivity contribution in [3.8, 4) is 5.75 Å². The molecule has 0 unspecified atom stereocenters. The fourth-order valence-electron chi connectivity index (χ4n) is 0.925. The van der Waals surface area contributed by atoms with Crippen molar-refractivity contribution in [2.24, 2.45) is 11.1 Å². The summed E-state index contributed by atoms with van der Waals surface area (Å²) < 4.78 is 5.43. The first-order valence-corrected chi connectivity index (χ1v) is 5.47. The smallest absolute Gasteiger partial charge is 0.226 e. The maximum Gasteiger partial charge on any atom is 0.226 e. The van der Waals surface area contributed by atoms with Crippen LogP contribution in [0.2, 0.25) is 10.0 Å². The molecule has 0 heterocycles. The molecule has 1 aromatic rings. The van der Waals surface area contributed by atoms with Gasteiger partial charge in [-0.15, -0.1) is 0 Å². The lowest BCUT2D eigenvalue weighted by Crippen LogP contribution is -2.36. The van der Waals surface area contributed by atoms with Crippen molar-refractivity contribution < 1.29 is 9.53 Å². The second-order valence-electron chi connectivity index (χ2n) is 4.09. The van der Waals surface area contributed by atoms with E-state index in [9.17, 15) is 4.79 Å². The summed E-state index contributed by atoms with van der Waals surface area (Å²) in [6, 6.07) is 5.07. The molecule has 88 valence electrons. The third-order valence-electron chi connectivity index (χ3n) is 2.17. The van der Waals surface area contributed by atoms with Gasteiger partial charge in [0, 0.05) is 0 Å². The number of amides is 1. The molecule has 0 aliphatic heterocycles. The topological polar surface area (TPSA) is 52.3 Å². The Morgan fingerprint density at radius 2 is 2.06 bits per heavy atom. The maximum absolute atomic E-state index is 11.1. The number of hydrogen-bond donors (Lipinski definition) is 1. The number of halogens is 2. The lowest BCUT2D eigenvalue weighted by atomic mass is 9.94. The van der Waals surface area contributed by atoms with E-state index in [1.165, 1.54) is 0 Å². The fraction of sp³-hybridized carbons (Fsp3) is 0.364. The number of ether oxygens (including phenoxy) is 1. The number of hydrogen-bond acceptors (Lipinski definition) is 2. The van der Waals surface area contributed by atoms with Gasteiger partial charge in [0.1, 0.15) is 17.4 Å². The Kier molecular flexibility index (Phi) is 4.05. The summed E-state index contributed by atoms with van der Waals surface area (Å²) in [4.78, 5) is 11.1. The van der Waals surface area contributed by atoms with E-state index in [0.717, 1.165) is 0 Å². The van der Waals surface area contributed by atoms with E-state index in [1.54, 1.807) is 32.0 Å². The Labute approximate surface area is 104 Å². The Morgan fingerprint density at radius 3 is 2.62 bits per heavy atom. The summed E-state index contributed by atoms with van der Waals surface area (Å²) in [7, 11) is 0. The molecule has 1 rings (SSSR count). The van der Waals surface area contributed by atoms with Gasteiger partial charge in [0.15, 0.2) is 0 Å². The molecule has 0 bridgehead atoms. The van der Waals surface area contributed by atoms with Crippen LogP contribution in [0, 0.1) is 5.41 Å². The van der Waals surface area contributed by atoms with Crippen LogP contribution in [0.4, 0.5) is 0 Å². The van der Waals surface area contributed by atoms with Crippen molar-refractivity contribution in [2.45, 2.75) is 13.8 Å². The first kappa shape index (κ1) is 13.1. The first-order chi connectivity index (χ1) is 7.34. The number of carbonyl (C=O) groups is 1. The van der Waals surface area contributed by atoms with Crippen LogP contribution in [0.3, 0.4) is 0 Å². The SMILES string of the molecule is CC(C)(COc1cccc(Cl)c1Cl)C(N)=O. The summed E-state index contributed by atoms with van der Waals surface area (Å²) in [5.41, 5.74) is 4.48. The zero-order valence-corrected chi connectivity index (χ0v) is 10.6. The van der Waals surface area contributed by atoms with Gasteiger partial charge in [0.05, 0.1) is 10.4 Å². The van der Waals surface area contributed by atoms with Crippen LogP contribution in [-0.2, 0) is 4.79 Å². The molecule has 0 saturated carbocycles. The number of nitrogens with two attached hydrogens (primary N) is 1. The van der Waals surface area contributed by atoms with Gasteiger partial charge in [0.25, 0.3) is 0 Å². The molecule has 1 aromatic carbocycles. The largest absolute Gasteiger partial charge is 0.491 e. The molecular formula is C11H13Cl2NO2. The second-order valence-corrected chi connectivity index (χ2v) is 4.87. The minimum atomic E-state index is -0.744. The predicted octanol–water partition coefficient (Wildman–Crippen LogP) is 2.88. The average Bonchev–Trinajstić information content (AvgIpc) is 2.20. The van der Waals surface area contributed by atoms with Gasteiger partial charge in [-0.1, -0.05) is 29.3 Å². The van der Waals surface area contributed by atoms with E-state index < -0.39 is 11.3 Å². The summed E-state index contributed by atoms with van der Waals surface area (Å²) >= 11 is 11.8. The fourth-order valence-corrected chi connectivity index (χ4v) is 1.27. The van der Waals surface area contributed by atoms with Crippen LogP contribution in [0.25, 0.3) is 0 Å². The van der Waals surface area contributed by atoms with E-state index in [0.29, 0.717) is 15.8 Å². The number of benzene rings is 1. The highest BCUT2D eigenvalue weighted by Gasteiger charge is 2.26. The van der Waals surface area contributed by atoms with Gasteiger partial charge < -0.3 is 10.5 Å². The van der Waals surface area contributed by atoms with Gasteiger partial charge in [-0.3, -0.25) is 4.79 Å². The monoisotopic (exact) mass is 261 g/mol. The maximum atomic E-state index is 11.1. The molecule has 0 aromatic heterocycles. The van der Waals surface area contributed by atoms with Gasteiger partial charge in [-0.2, -0.15) is 0 Å². The zero-order valence-electron chi connectivity index (χ0n) is 9.09. The van der Waals surface area contributed by atoms with Gasteiger partial charge in [-0.05, 0) is 26.0 Å². The summed E-state index contributed by atoms with van der Waals surface area (Å²) in [6.45, 7) is 3.56. The lowest BCUT2D eigenvalue weighted by molar-refractivity contribution is -0.127. The van der Waals surface area contributed by atoms with Crippen LogP contribution in [0.5, 0.6) is 5.75 Å². The molecular weight excluding hydrogens is 249 g/mol. The van der Waals surface area contributed by atoms with Crippen LogP contribution in [0.15, 0.2) is 18.2 Å². The molecule has 0 spiro atoms. The van der Waals surface area contributed by atoms with Crippen molar-refractivity contribution >= 4 is 29.1 Å². The van der Waals surface area contributed by atoms with Crippen molar-refractivity contribution in [1.29, 1.82) is 0 Å².